The summed E-state index contributed by atoms with van der Waals surface area (Å²) in [6.45, 7) is 2.38. The largest absolute Gasteiger partial charge is 0.374 e. The summed E-state index contributed by atoms with van der Waals surface area (Å²) in [5, 5.41) is 6.25. The number of fused-ring (bicyclic) bond motifs is 1. The SMILES string of the molecule is O=C(N[C@H]1CN(Cc2nccs2)[C@@H]2CCCO[C@H]12)c1cccnc1. The first-order valence-electron chi connectivity index (χ1n) is 8.26. The standard InChI is InChI=1S/C17H20N4O2S/c22-17(12-3-1-5-18-9-12)20-13-10-21(11-15-19-6-8-24-15)14-4-2-7-23-16(13)14/h1,3,5-6,8-9,13-14,16H,2,4,7,10-11H2,(H,20,22)/t13-,14+,16+/m0/s1. The van der Waals surface area contributed by atoms with Crippen LogP contribution >= 0.6 is 11.3 Å². The number of likely N-dealkylation sites (tertiary alicyclic amines) is 1. The quantitative estimate of drug-likeness (QED) is 0.914. The third-order valence-electron chi connectivity index (χ3n) is 4.69. The number of ether oxygens (including phenoxy) is 1. The summed E-state index contributed by atoms with van der Waals surface area (Å²) in [6, 6.07) is 3.91. The van der Waals surface area contributed by atoms with Gasteiger partial charge in [-0.2, -0.15) is 0 Å². The van der Waals surface area contributed by atoms with Crippen LogP contribution in [0.25, 0.3) is 0 Å². The normalized spacial score (nSPS) is 26.9. The van der Waals surface area contributed by atoms with Crippen LogP contribution in [0.5, 0.6) is 0 Å². The number of carbonyl (C=O) groups is 1. The Morgan fingerprint density at radius 2 is 2.42 bits per heavy atom. The van der Waals surface area contributed by atoms with E-state index in [2.05, 4.69) is 20.2 Å². The number of hydrogen-bond donors (Lipinski definition) is 1. The summed E-state index contributed by atoms with van der Waals surface area (Å²) in [5.41, 5.74) is 0.586. The fourth-order valence-electron chi connectivity index (χ4n) is 3.62. The number of amides is 1. The van der Waals surface area contributed by atoms with Crippen LogP contribution in [0.4, 0.5) is 0 Å². The topological polar surface area (TPSA) is 67.4 Å². The number of nitrogens with zero attached hydrogens (tertiary/aromatic N) is 3. The first-order valence-corrected chi connectivity index (χ1v) is 9.14. The van der Waals surface area contributed by atoms with Crippen LogP contribution in [-0.2, 0) is 11.3 Å². The molecule has 2 aromatic heterocycles. The number of nitrogens with one attached hydrogen (secondary N) is 1. The van der Waals surface area contributed by atoms with Crippen LogP contribution in [-0.4, -0.2) is 52.1 Å². The molecule has 0 radical (unpaired) electrons. The van der Waals surface area contributed by atoms with Crippen LogP contribution in [0.3, 0.4) is 0 Å². The molecule has 4 rings (SSSR count). The molecule has 126 valence electrons. The predicted octanol–water partition coefficient (Wildman–Crippen LogP) is 1.70. The van der Waals surface area contributed by atoms with Crippen LogP contribution in [0, 0.1) is 0 Å². The lowest BCUT2D eigenvalue weighted by atomic mass is 10.0. The van der Waals surface area contributed by atoms with Gasteiger partial charge in [-0.3, -0.25) is 14.7 Å². The minimum Gasteiger partial charge on any atom is -0.374 e. The maximum Gasteiger partial charge on any atom is 0.253 e. The zero-order valence-corrected chi connectivity index (χ0v) is 14.1. The van der Waals surface area contributed by atoms with Gasteiger partial charge in [0.2, 0.25) is 0 Å². The number of rotatable bonds is 4. The highest BCUT2D eigenvalue weighted by Crippen LogP contribution is 2.30. The van der Waals surface area contributed by atoms with Crippen molar-refractivity contribution in [3.05, 3.63) is 46.7 Å². The molecule has 2 saturated heterocycles. The second-order valence-corrected chi connectivity index (χ2v) is 7.20. The molecule has 0 bridgehead atoms. The number of aromatic nitrogens is 2. The van der Waals surface area contributed by atoms with Crippen molar-refractivity contribution in [3.63, 3.8) is 0 Å². The maximum atomic E-state index is 12.5. The van der Waals surface area contributed by atoms with Crippen molar-refractivity contribution in [3.8, 4) is 0 Å². The van der Waals surface area contributed by atoms with Crippen molar-refractivity contribution in [2.75, 3.05) is 13.2 Å². The van der Waals surface area contributed by atoms with Crippen LogP contribution in [0.2, 0.25) is 0 Å². The monoisotopic (exact) mass is 344 g/mol. The Kier molecular flexibility index (Phi) is 4.55. The van der Waals surface area contributed by atoms with Crippen molar-refractivity contribution in [1.29, 1.82) is 0 Å². The predicted molar refractivity (Wildman–Crippen MR) is 90.8 cm³/mol. The summed E-state index contributed by atoms with van der Waals surface area (Å²) < 4.78 is 6.01. The lowest BCUT2D eigenvalue weighted by Crippen LogP contribution is -2.47. The van der Waals surface area contributed by atoms with Crippen molar-refractivity contribution >= 4 is 17.2 Å². The molecule has 6 nitrogen and oxygen atoms in total. The Morgan fingerprint density at radius 1 is 1.46 bits per heavy atom. The third kappa shape index (κ3) is 3.19. The Labute approximate surface area is 144 Å². The van der Waals surface area contributed by atoms with E-state index >= 15 is 0 Å². The molecule has 2 fully saturated rings. The molecule has 0 aliphatic carbocycles. The van der Waals surface area contributed by atoms with Gasteiger partial charge in [-0.1, -0.05) is 0 Å². The minimum atomic E-state index is -0.0860. The second-order valence-electron chi connectivity index (χ2n) is 6.22. The van der Waals surface area contributed by atoms with Gasteiger partial charge in [-0.15, -0.1) is 11.3 Å². The van der Waals surface area contributed by atoms with E-state index in [0.29, 0.717) is 11.6 Å². The number of hydrogen-bond acceptors (Lipinski definition) is 6. The van der Waals surface area contributed by atoms with Gasteiger partial charge in [0, 0.05) is 43.2 Å². The molecule has 2 aliphatic heterocycles. The maximum absolute atomic E-state index is 12.5. The van der Waals surface area contributed by atoms with Gasteiger partial charge in [-0.05, 0) is 25.0 Å². The molecule has 0 aromatic carbocycles. The van der Waals surface area contributed by atoms with Gasteiger partial charge >= 0.3 is 0 Å². The van der Waals surface area contributed by atoms with E-state index < -0.39 is 0 Å². The molecule has 0 spiro atoms. The fraction of sp³-hybridized carbons (Fsp3) is 0.471. The van der Waals surface area contributed by atoms with Gasteiger partial charge in [0.05, 0.1) is 24.3 Å². The van der Waals surface area contributed by atoms with Crippen molar-refractivity contribution in [1.82, 2.24) is 20.2 Å². The highest BCUT2D eigenvalue weighted by atomic mass is 32.1. The van der Waals surface area contributed by atoms with Crippen LogP contribution in [0.15, 0.2) is 36.1 Å². The third-order valence-corrected chi connectivity index (χ3v) is 5.46. The van der Waals surface area contributed by atoms with E-state index in [1.807, 2.05) is 11.6 Å². The second kappa shape index (κ2) is 6.96. The number of thiazole rings is 1. The lowest BCUT2D eigenvalue weighted by Gasteiger charge is -2.32. The van der Waals surface area contributed by atoms with Gasteiger partial charge in [0.25, 0.3) is 5.91 Å². The van der Waals surface area contributed by atoms with E-state index in [1.54, 1.807) is 35.9 Å². The zero-order chi connectivity index (χ0) is 16.4. The summed E-state index contributed by atoms with van der Waals surface area (Å²) in [4.78, 5) is 23.3. The van der Waals surface area contributed by atoms with Gasteiger partial charge < -0.3 is 10.1 Å². The highest BCUT2D eigenvalue weighted by Gasteiger charge is 2.44. The smallest absolute Gasteiger partial charge is 0.253 e. The van der Waals surface area contributed by atoms with Gasteiger partial charge in [0.15, 0.2) is 0 Å². The average molecular weight is 344 g/mol. The van der Waals surface area contributed by atoms with E-state index in [1.165, 1.54) is 0 Å². The molecule has 0 saturated carbocycles. The zero-order valence-electron chi connectivity index (χ0n) is 13.3. The highest BCUT2D eigenvalue weighted by molar-refractivity contribution is 7.09. The molecule has 2 aliphatic rings. The lowest BCUT2D eigenvalue weighted by molar-refractivity contribution is -0.0211. The molecular weight excluding hydrogens is 324 g/mol. The Balaban J connectivity index is 1.47. The van der Waals surface area contributed by atoms with Crippen LogP contribution < -0.4 is 5.32 Å². The summed E-state index contributed by atoms with van der Waals surface area (Å²) >= 11 is 1.67. The van der Waals surface area contributed by atoms with E-state index in [0.717, 1.165) is 37.5 Å². The summed E-state index contributed by atoms with van der Waals surface area (Å²) in [7, 11) is 0. The summed E-state index contributed by atoms with van der Waals surface area (Å²) in [5.74, 6) is -0.0860. The molecular formula is C17H20N4O2S. The Bertz CT molecular complexity index is 679. The van der Waals surface area contributed by atoms with Gasteiger partial charge in [-0.25, -0.2) is 4.98 Å². The Hall–Kier alpha value is -1.83. The summed E-state index contributed by atoms with van der Waals surface area (Å²) in [6.07, 6.45) is 7.33. The molecule has 7 heteroatoms. The first-order chi connectivity index (χ1) is 11.8. The number of carbonyl (C=O) groups excluding carboxylic acids is 1. The van der Waals surface area contributed by atoms with Gasteiger partial charge in [0.1, 0.15) is 5.01 Å². The van der Waals surface area contributed by atoms with Crippen molar-refractivity contribution in [2.24, 2.45) is 0 Å². The van der Waals surface area contributed by atoms with Crippen LogP contribution in [0.1, 0.15) is 28.2 Å². The first kappa shape index (κ1) is 15.7. The number of pyridine rings is 1. The molecule has 1 amide bonds. The fourth-order valence-corrected chi connectivity index (χ4v) is 4.26. The van der Waals surface area contributed by atoms with E-state index in [9.17, 15) is 4.79 Å². The molecule has 0 unspecified atom stereocenters. The van der Waals surface area contributed by atoms with E-state index in [-0.39, 0.29) is 18.1 Å². The molecule has 1 N–H and O–H groups in total. The van der Waals surface area contributed by atoms with E-state index in [4.69, 9.17) is 4.74 Å². The molecule has 2 aromatic rings. The molecule has 4 heterocycles. The average Bonchev–Trinajstić information content (AvgIpc) is 3.25. The van der Waals surface area contributed by atoms with Crippen molar-refractivity contribution < 1.29 is 9.53 Å². The minimum absolute atomic E-state index is 0.00275. The Morgan fingerprint density at radius 3 is 3.21 bits per heavy atom. The van der Waals surface area contributed by atoms with Crippen molar-refractivity contribution in [2.45, 2.75) is 37.6 Å². The molecule has 24 heavy (non-hydrogen) atoms. The molecule has 3 atom stereocenters.